The molecule has 1 atom stereocenters. The number of carbonyl (C=O) groups excluding carboxylic acids is 1. The summed E-state index contributed by atoms with van der Waals surface area (Å²) in [6.07, 6.45) is 0.114. The van der Waals surface area contributed by atoms with Crippen molar-refractivity contribution in [2.75, 3.05) is 6.61 Å². The molecule has 0 unspecified atom stereocenters. The number of ether oxygens (including phenoxy) is 1. The first-order valence-corrected chi connectivity index (χ1v) is 15.4. The molecule has 3 aromatic rings. The second-order valence-electron chi connectivity index (χ2n) is 12.0. The van der Waals surface area contributed by atoms with Gasteiger partial charge in [0.15, 0.2) is 8.32 Å². The molecule has 2 aromatic heterocycles. The van der Waals surface area contributed by atoms with Crippen LogP contribution in [0.4, 0.5) is 4.79 Å². The molecule has 9 heteroatoms. The molecule has 0 aliphatic heterocycles. The van der Waals surface area contributed by atoms with Gasteiger partial charge in [-0.2, -0.15) is 0 Å². The quantitative estimate of drug-likeness (QED) is 0.348. The molecule has 3 rings (SSSR count). The Balaban J connectivity index is 1.94. The van der Waals surface area contributed by atoms with Gasteiger partial charge in [0.25, 0.3) is 0 Å². The summed E-state index contributed by atoms with van der Waals surface area (Å²) < 4.78 is 19.4. The Morgan fingerprint density at radius 1 is 1.17 bits per heavy atom. The van der Waals surface area contributed by atoms with Crippen LogP contribution >= 0.6 is 0 Å². The molecule has 0 fully saturated rings. The van der Waals surface area contributed by atoms with Gasteiger partial charge < -0.3 is 23.6 Å². The predicted octanol–water partition coefficient (Wildman–Crippen LogP) is 6.82. The van der Waals surface area contributed by atoms with Crippen LogP contribution in [-0.4, -0.2) is 41.3 Å². The summed E-state index contributed by atoms with van der Waals surface area (Å²) in [5.74, 6) is 1.53. The maximum atomic E-state index is 12.8. The van der Waals surface area contributed by atoms with Gasteiger partial charge in [-0.3, -0.25) is 0 Å². The fourth-order valence-electron chi connectivity index (χ4n) is 3.94. The third-order valence-electron chi connectivity index (χ3n) is 6.92. The average molecular weight is 515 g/mol. The standard InChI is InChI=1S/C27H42N4O4Si/c1-17-23(18(2)35-30-17)19-12-13-22-21(16-19)28-24(31(22)9)20(29-25(32)34-26(3,4)5)14-15-33-36(10,11)27(6,7)8/h12-13,16,20H,14-15H2,1-11H3,(H,29,32)/t20-/m0/s1. The Hall–Kier alpha value is -2.65. The van der Waals surface area contributed by atoms with Crippen molar-refractivity contribution in [2.45, 2.75) is 91.6 Å². The molecule has 2 heterocycles. The zero-order valence-corrected chi connectivity index (χ0v) is 24.7. The number of benzene rings is 1. The van der Waals surface area contributed by atoms with Crippen molar-refractivity contribution < 1.29 is 18.5 Å². The number of alkyl carbamates (subject to hydrolysis) is 1. The predicted molar refractivity (Wildman–Crippen MR) is 146 cm³/mol. The normalized spacial score (nSPS) is 13.8. The van der Waals surface area contributed by atoms with E-state index in [9.17, 15) is 4.79 Å². The van der Waals surface area contributed by atoms with Crippen molar-refractivity contribution in [3.05, 3.63) is 35.5 Å². The SMILES string of the molecule is Cc1noc(C)c1-c1ccc2c(c1)nc([C@H](CCO[Si](C)(C)C(C)(C)C)NC(=O)OC(C)(C)C)n2C. The lowest BCUT2D eigenvalue weighted by Gasteiger charge is -2.36. The molecular weight excluding hydrogens is 472 g/mol. The molecule has 1 N–H and O–H groups in total. The first-order chi connectivity index (χ1) is 16.5. The van der Waals surface area contributed by atoms with E-state index in [0.717, 1.165) is 39.4 Å². The van der Waals surface area contributed by atoms with Crippen molar-refractivity contribution in [3.63, 3.8) is 0 Å². The topological polar surface area (TPSA) is 91.4 Å². The van der Waals surface area contributed by atoms with Gasteiger partial charge in [0.1, 0.15) is 17.2 Å². The Kier molecular flexibility index (Phi) is 7.77. The fraction of sp³-hybridized carbons (Fsp3) is 0.593. The van der Waals surface area contributed by atoms with Gasteiger partial charge in [0.05, 0.1) is 22.8 Å². The molecule has 0 saturated carbocycles. The number of amides is 1. The third kappa shape index (κ3) is 6.18. The van der Waals surface area contributed by atoms with Crippen molar-refractivity contribution >= 4 is 25.4 Å². The Bertz CT molecular complexity index is 1210. The molecule has 0 aliphatic rings. The molecule has 1 amide bonds. The first-order valence-electron chi connectivity index (χ1n) is 12.5. The number of nitrogens with one attached hydrogen (secondary N) is 1. The minimum atomic E-state index is -1.93. The van der Waals surface area contributed by atoms with E-state index in [0.29, 0.717) is 13.0 Å². The number of fused-ring (bicyclic) bond motifs is 1. The van der Waals surface area contributed by atoms with Crippen LogP contribution in [-0.2, 0) is 16.2 Å². The second kappa shape index (κ2) is 10.0. The smallest absolute Gasteiger partial charge is 0.408 e. The highest BCUT2D eigenvalue weighted by atomic mass is 28.4. The monoisotopic (exact) mass is 514 g/mol. The zero-order chi connectivity index (χ0) is 27.1. The molecule has 36 heavy (non-hydrogen) atoms. The van der Waals surface area contributed by atoms with E-state index in [1.807, 2.05) is 58.4 Å². The van der Waals surface area contributed by atoms with E-state index >= 15 is 0 Å². The van der Waals surface area contributed by atoms with Gasteiger partial charge in [-0.05, 0) is 76.9 Å². The summed E-state index contributed by atoms with van der Waals surface area (Å²) in [6.45, 7) is 21.0. The van der Waals surface area contributed by atoms with Gasteiger partial charge in [-0.1, -0.05) is 32.0 Å². The minimum absolute atomic E-state index is 0.105. The number of nitrogens with zero attached hydrogens (tertiary/aromatic N) is 3. The van der Waals surface area contributed by atoms with Gasteiger partial charge in [-0.15, -0.1) is 0 Å². The lowest BCUT2D eigenvalue weighted by atomic mass is 10.0. The van der Waals surface area contributed by atoms with Crippen LogP contribution in [0.15, 0.2) is 22.7 Å². The van der Waals surface area contributed by atoms with Crippen molar-refractivity contribution in [1.82, 2.24) is 20.0 Å². The lowest BCUT2D eigenvalue weighted by Crippen LogP contribution is -2.42. The van der Waals surface area contributed by atoms with Crippen molar-refractivity contribution in [3.8, 4) is 11.1 Å². The molecule has 198 valence electrons. The summed E-state index contributed by atoms with van der Waals surface area (Å²) >= 11 is 0. The van der Waals surface area contributed by atoms with E-state index in [4.69, 9.17) is 18.7 Å². The lowest BCUT2D eigenvalue weighted by molar-refractivity contribution is 0.0493. The summed E-state index contributed by atoms with van der Waals surface area (Å²) in [5.41, 5.74) is 4.04. The largest absolute Gasteiger partial charge is 0.444 e. The maximum absolute atomic E-state index is 12.8. The molecule has 0 aliphatic carbocycles. The van der Waals surface area contributed by atoms with Gasteiger partial charge in [0.2, 0.25) is 0 Å². The van der Waals surface area contributed by atoms with E-state index in [2.05, 4.69) is 50.4 Å². The van der Waals surface area contributed by atoms with Crippen LogP contribution in [0.3, 0.4) is 0 Å². The molecular formula is C27H42N4O4Si. The number of aryl methyl sites for hydroxylation is 3. The maximum Gasteiger partial charge on any atom is 0.408 e. The number of aromatic nitrogens is 3. The average Bonchev–Trinajstić information content (AvgIpc) is 3.23. The number of hydrogen-bond acceptors (Lipinski definition) is 6. The van der Waals surface area contributed by atoms with Crippen molar-refractivity contribution in [1.29, 1.82) is 0 Å². The van der Waals surface area contributed by atoms with E-state index in [1.54, 1.807) is 0 Å². The number of imidazole rings is 1. The molecule has 1 aromatic carbocycles. The van der Waals surface area contributed by atoms with Crippen LogP contribution in [0.1, 0.15) is 71.3 Å². The molecule has 0 spiro atoms. The van der Waals surface area contributed by atoms with E-state index in [1.165, 1.54) is 0 Å². The molecule has 8 nitrogen and oxygen atoms in total. The Morgan fingerprint density at radius 3 is 2.39 bits per heavy atom. The minimum Gasteiger partial charge on any atom is -0.444 e. The Labute approximate surface area is 215 Å². The highest BCUT2D eigenvalue weighted by Gasteiger charge is 2.37. The third-order valence-corrected chi connectivity index (χ3v) is 11.5. The summed E-state index contributed by atoms with van der Waals surface area (Å²) in [6, 6.07) is 5.77. The summed E-state index contributed by atoms with van der Waals surface area (Å²) in [4.78, 5) is 17.7. The first kappa shape index (κ1) is 27.9. The number of rotatable bonds is 7. The second-order valence-corrected chi connectivity index (χ2v) is 16.8. The van der Waals surface area contributed by atoms with Gasteiger partial charge in [-0.25, -0.2) is 9.78 Å². The number of hydrogen-bond donors (Lipinski definition) is 1. The molecule has 0 radical (unpaired) electrons. The van der Waals surface area contributed by atoms with Crippen LogP contribution in [0.2, 0.25) is 18.1 Å². The summed E-state index contributed by atoms with van der Waals surface area (Å²) in [7, 11) is 0.0396. The summed E-state index contributed by atoms with van der Waals surface area (Å²) in [5, 5.41) is 7.23. The highest BCUT2D eigenvalue weighted by molar-refractivity contribution is 6.74. The van der Waals surface area contributed by atoms with Crippen LogP contribution < -0.4 is 5.32 Å². The molecule has 0 bridgehead atoms. The molecule has 0 saturated heterocycles. The van der Waals surface area contributed by atoms with Gasteiger partial charge in [0, 0.05) is 19.2 Å². The van der Waals surface area contributed by atoms with Crippen molar-refractivity contribution in [2.24, 2.45) is 7.05 Å². The van der Waals surface area contributed by atoms with Crippen LogP contribution in [0.25, 0.3) is 22.2 Å². The van der Waals surface area contributed by atoms with Crippen LogP contribution in [0.5, 0.6) is 0 Å². The van der Waals surface area contributed by atoms with E-state index < -0.39 is 20.0 Å². The highest BCUT2D eigenvalue weighted by Crippen LogP contribution is 2.37. The van der Waals surface area contributed by atoms with E-state index in [-0.39, 0.29) is 11.1 Å². The van der Waals surface area contributed by atoms with Crippen LogP contribution in [0, 0.1) is 13.8 Å². The number of carbonyl (C=O) groups is 1. The van der Waals surface area contributed by atoms with Gasteiger partial charge >= 0.3 is 6.09 Å². The fourth-order valence-corrected chi connectivity index (χ4v) is 5.01. The zero-order valence-electron chi connectivity index (χ0n) is 23.7. The Morgan fingerprint density at radius 2 is 1.83 bits per heavy atom.